The molecule has 0 aliphatic heterocycles. The quantitative estimate of drug-likeness (QED) is 0.236. The van der Waals surface area contributed by atoms with Gasteiger partial charge in [0, 0.05) is 4.91 Å². The lowest BCUT2D eigenvalue weighted by atomic mass is 10.3. The Labute approximate surface area is 47.1 Å². The summed E-state index contributed by atoms with van der Waals surface area (Å²) in [5, 5.41) is 2.83. The van der Waals surface area contributed by atoms with Crippen LogP contribution in [-0.2, 0) is 0 Å². The van der Waals surface area contributed by atoms with Gasteiger partial charge in [-0.15, -0.1) is 0 Å². The minimum absolute atomic E-state index is 0.323. The van der Waals surface area contributed by atoms with Gasteiger partial charge in [-0.05, 0) is 12.0 Å². The molecule has 1 atom stereocenters. The lowest BCUT2D eigenvalue weighted by Crippen LogP contribution is -1.90. The van der Waals surface area contributed by atoms with Gasteiger partial charge >= 0.3 is 0 Å². The zero-order valence-corrected chi connectivity index (χ0v) is 4.71. The molecular weight excluding hydrogens is 109 g/mol. The van der Waals surface area contributed by atoms with Crippen LogP contribution >= 0.6 is 0 Å². The minimum Gasteiger partial charge on any atom is -0.241 e. The van der Waals surface area contributed by atoms with Crippen LogP contribution in [0.3, 0.4) is 0 Å². The van der Waals surface area contributed by atoms with Crippen LogP contribution < -0.4 is 0 Å². The summed E-state index contributed by atoms with van der Waals surface area (Å²) in [4.78, 5) is 2.30. The predicted octanol–water partition coefficient (Wildman–Crippen LogP) is 2.39. The molecule has 8 heavy (non-hydrogen) atoms. The van der Waals surface area contributed by atoms with Gasteiger partial charge in [-0.3, -0.25) is 0 Å². The fraction of sp³-hybridized carbons (Fsp3) is 1.00. The Kier molecular flexibility index (Phi) is 3.98. The lowest BCUT2D eigenvalue weighted by molar-refractivity contribution is 0.321. The maximum atomic E-state index is 12.0. The largest absolute Gasteiger partial charge is 0.241 e. The summed E-state index contributed by atoms with van der Waals surface area (Å²) in [6.45, 7) is 1.83. The SMILES string of the molecule is CCCC(F)N=[N+]=[N-]. The van der Waals surface area contributed by atoms with E-state index in [4.69, 9.17) is 5.53 Å². The van der Waals surface area contributed by atoms with E-state index in [0.717, 1.165) is 0 Å². The fourth-order valence-electron chi connectivity index (χ4n) is 0.352. The second-order valence-electron chi connectivity index (χ2n) is 1.43. The van der Waals surface area contributed by atoms with E-state index in [0.29, 0.717) is 12.8 Å². The van der Waals surface area contributed by atoms with Crippen LogP contribution in [0.25, 0.3) is 10.4 Å². The van der Waals surface area contributed by atoms with Gasteiger partial charge in [-0.1, -0.05) is 18.5 Å². The van der Waals surface area contributed by atoms with E-state index >= 15 is 0 Å². The van der Waals surface area contributed by atoms with Crippen LogP contribution in [0.1, 0.15) is 19.8 Å². The molecule has 0 fully saturated rings. The highest BCUT2D eigenvalue weighted by atomic mass is 19.1. The Bertz CT molecular complexity index is 97.5. The van der Waals surface area contributed by atoms with Crippen molar-refractivity contribution in [2.75, 3.05) is 0 Å². The Balaban J connectivity index is 3.31. The molecule has 0 aliphatic rings. The first-order chi connectivity index (χ1) is 3.81. The fourth-order valence-corrected chi connectivity index (χ4v) is 0.352. The van der Waals surface area contributed by atoms with Crippen molar-refractivity contribution >= 4 is 0 Å². The summed E-state index contributed by atoms with van der Waals surface area (Å²) in [7, 11) is 0. The molecule has 0 bridgehead atoms. The highest BCUT2D eigenvalue weighted by Gasteiger charge is 1.97. The van der Waals surface area contributed by atoms with Crippen molar-refractivity contribution in [2.45, 2.75) is 26.1 Å². The van der Waals surface area contributed by atoms with Crippen LogP contribution in [0, 0.1) is 0 Å². The molecular formula is C4H8FN3. The Morgan fingerprint density at radius 2 is 2.50 bits per heavy atom. The third-order valence-electron chi connectivity index (χ3n) is 0.704. The van der Waals surface area contributed by atoms with Gasteiger partial charge in [0.25, 0.3) is 0 Å². The van der Waals surface area contributed by atoms with Crippen molar-refractivity contribution in [1.29, 1.82) is 0 Å². The summed E-state index contributed by atoms with van der Waals surface area (Å²) < 4.78 is 12.0. The molecule has 0 rings (SSSR count). The van der Waals surface area contributed by atoms with E-state index in [2.05, 4.69) is 10.0 Å². The molecule has 0 aromatic heterocycles. The first-order valence-electron chi connectivity index (χ1n) is 2.49. The Morgan fingerprint density at radius 1 is 1.88 bits per heavy atom. The monoisotopic (exact) mass is 117 g/mol. The number of rotatable bonds is 3. The van der Waals surface area contributed by atoms with Gasteiger partial charge in [0.1, 0.15) is 0 Å². The smallest absolute Gasteiger partial charge is 0.178 e. The molecule has 0 aromatic carbocycles. The lowest BCUT2D eigenvalue weighted by Gasteiger charge is -1.92. The van der Waals surface area contributed by atoms with Crippen LogP contribution in [0.2, 0.25) is 0 Å². The summed E-state index contributed by atoms with van der Waals surface area (Å²) in [5.74, 6) is 0. The van der Waals surface area contributed by atoms with E-state index in [9.17, 15) is 4.39 Å². The van der Waals surface area contributed by atoms with Crippen molar-refractivity contribution in [3.63, 3.8) is 0 Å². The van der Waals surface area contributed by atoms with Crippen molar-refractivity contribution in [1.82, 2.24) is 0 Å². The minimum atomic E-state index is -1.33. The van der Waals surface area contributed by atoms with E-state index in [1.807, 2.05) is 6.92 Å². The highest BCUT2D eigenvalue weighted by Crippen LogP contribution is 2.01. The molecule has 0 spiro atoms. The van der Waals surface area contributed by atoms with Crippen molar-refractivity contribution in [3.05, 3.63) is 10.4 Å². The molecule has 0 radical (unpaired) electrons. The second-order valence-corrected chi connectivity index (χ2v) is 1.43. The zero-order valence-electron chi connectivity index (χ0n) is 4.71. The molecule has 0 aromatic rings. The van der Waals surface area contributed by atoms with Crippen LogP contribution in [-0.4, -0.2) is 6.30 Å². The number of alkyl halides is 1. The van der Waals surface area contributed by atoms with Gasteiger partial charge in [-0.25, -0.2) is 4.39 Å². The third-order valence-corrected chi connectivity index (χ3v) is 0.704. The number of nitrogens with zero attached hydrogens (tertiary/aromatic N) is 3. The highest BCUT2D eigenvalue weighted by molar-refractivity contribution is 4.51. The van der Waals surface area contributed by atoms with E-state index < -0.39 is 6.30 Å². The molecule has 0 amide bonds. The number of hydrogen-bond donors (Lipinski definition) is 0. The number of azide groups is 1. The number of hydrogen-bond acceptors (Lipinski definition) is 1. The average Bonchev–Trinajstić information content (AvgIpc) is 1.68. The molecule has 46 valence electrons. The Morgan fingerprint density at radius 3 is 2.88 bits per heavy atom. The van der Waals surface area contributed by atoms with E-state index in [1.54, 1.807) is 0 Å². The molecule has 1 unspecified atom stereocenters. The second kappa shape index (κ2) is 4.40. The molecule has 0 saturated carbocycles. The van der Waals surface area contributed by atoms with Crippen molar-refractivity contribution in [3.8, 4) is 0 Å². The van der Waals surface area contributed by atoms with Gasteiger partial charge in [0.15, 0.2) is 6.30 Å². The maximum absolute atomic E-state index is 12.0. The van der Waals surface area contributed by atoms with Crippen LogP contribution in [0.4, 0.5) is 4.39 Å². The van der Waals surface area contributed by atoms with E-state index in [-0.39, 0.29) is 0 Å². The molecule has 0 N–H and O–H groups in total. The summed E-state index contributed by atoms with van der Waals surface area (Å²) in [6.07, 6.45) is -0.297. The average molecular weight is 117 g/mol. The topological polar surface area (TPSA) is 48.8 Å². The number of halogens is 1. The van der Waals surface area contributed by atoms with Gasteiger partial charge in [0.05, 0.1) is 0 Å². The molecule has 0 saturated heterocycles. The van der Waals surface area contributed by atoms with E-state index in [1.165, 1.54) is 0 Å². The summed E-state index contributed by atoms with van der Waals surface area (Å²) >= 11 is 0. The van der Waals surface area contributed by atoms with Gasteiger partial charge < -0.3 is 0 Å². The zero-order chi connectivity index (χ0) is 6.41. The molecule has 4 heteroatoms. The maximum Gasteiger partial charge on any atom is 0.178 e. The predicted molar refractivity (Wildman–Crippen MR) is 28.9 cm³/mol. The molecule has 0 aliphatic carbocycles. The Hall–Kier alpha value is -0.760. The van der Waals surface area contributed by atoms with Crippen LogP contribution in [0.15, 0.2) is 5.11 Å². The summed E-state index contributed by atoms with van der Waals surface area (Å²) in [5.41, 5.74) is 7.68. The van der Waals surface area contributed by atoms with Crippen molar-refractivity contribution in [2.24, 2.45) is 5.11 Å². The first kappa shape index (κ1) is 7.24. The van der Waals surface area contributed by atoms with Gasteiger partial charge in [-0.2, -0.15) is 0 Å². The normalized spacial score (nSPS) is 12.2. The third kappa shape index (κ3) is 3.43. The standard InChI is InChI=1S/C4H8FN3/c1-2-3-4(5)7-8-6/h4H,2-3H2,1H3. The molecule has 0 heterocycles. The van der Waals surface area contributed by atoms with Crippen molar-refractivity contribution < 1.29 is 4.39 Å². The first-order valence-corrected chi connectivity index (χ1v) is 2.49. The van der Waals surface area contributed by atoms with Gasteiger partial charge in [0.2, 0.25) is 0 Å². The summed E-state index contributed by atoms with van der Waals surface area (Å²) in [6, 6.07) is 0. The molecule has 3 nitrogen and oxygen atoms in total. The van der Waals surface area contributed by atoms with Crippen LogP contribution in [0.5, 0.6) is 0 Å².